The molecular weight excluding hydrogens is 443 g/mol. The summed E-state index contributed by atoms with van der Waals surface area (Å²) in [5.41, 5.74) is 4.10. The van der Waals surface area contributed by atoms with Crippen molar-refractivity contribution in [2.75, 3.05) is 39.3 Å². The molecule has 1 fully saturated rings. The van der Waals surface area contributed by atoms with Crippen LogP contribution in [0.5, 0.6) is 0 Å². The average molecular weight is 469 g/mol. The smallest absolute Gasteiger partial charge is 0.475 e. The third-order valence-corrected chi connectivity index (χ3v) is 5.48. The summed E-state index contributed by atoms with van der Waals surface area (Å²) in [6, 6.07) is 3.86. The number of hydrogen-bond acceptors (Lipinski definition) is 4. The largest absolute Gasteiger partial charge is 0.490 e. The number of carbonyl (C=O) groups excluding carboxylic acids is 2. The van der Waals surface area contributed by atoms with E-state index < -0.39 is 12.1 Å². The first-order valence-corrected chi connectivity index (χ1v) is 10.6. The molecule has 0 saturated carbocycles. The number of aromatic amines is 1. The number of amides is 3. The van der Waals surface area contributed by atoms with Crippen LogP contribution in [0.2, 0.25) is 0 Å². The van der Waals surface area contributed by atoms with Crippen molar-refractivity contribution in [3.8, 4) is 0 Å². The van der Waals surface area contributed by atoms with E-state index in [9.17, 15) is 22.8 Å². The number of rotatable bonds is 3. The highest BCUT2D eigenvalue weighted by Gasteiger charge is 2.38. The Morgan fingerprint density at radius 2 is 1.91 bits per heavy atom. The molecule has 5 N–H and O–H groups in total. The molecule has 2 aliphatic heterocycles. The van der Waals surface area contributed by atoms with Crippen LogP contribution in [-0.4, -0.2) is 78.3 Å². The first-order valence-electron chi connectivity index (χ1n) is 10.6. The molecule has 9 nitrogen and oxygen atoms in total. The van der Waals surface area contributed by atoms with Gasteiger partial charge in [-0.1, -0.05) is 0 Å². The third kappa shape index (κ3) is 6.15. The summed E-state index contributed by atoms with van der Waals surface area (Å²) in [7, 11) is 0. The zero-order valence-electron chi connectivity index (χ0n) is 17.8. The van der Waals surface area contributed by atoms with Crippen molar-refractivity contribution in [2.24, 2.45) is 0 Å². The van der Waals surface area contributed by atoms with Crippen LogP contribution in [0.15, 0.2) is 18.3 Å². The Bertz CT molecular complexity index is 1010. The summed E-state index contributed by atoms with van der Waals surface area (Å²) in [4.78, 5) is 38.5. The minimum atomic E-state index is -5.08. The number of carboxylic acids is 1. The number of H-pyrrole nitrogens is 1. The minimum Gasteiger partial charge on any atom is -0.475 e. The van der Waals surface area contributed by atoms with Crippen LogP contribution in [0.1, 0.15) is 27.9 Å². The van der Waals surface area contributed by atoms with Gasteiger partial charge >= 0.3 is 18.2 Å². The molecule has 0 bridgehead atoms. The predicted molar refractivity (Wildman–Crippen MR) is 114 cm³/mol. The first kappa shape index (κ1) is 24.4. The molecule has 4 rings (SSSR count). The Morgan fingerprint density at radius 1 is 1.15 bits per heavy atom. The van der Waals surface area contributed by atoms with Gasteiger partial charge in [0.05, 0.1) is 0 Å². The first-order chi connectivity index (χ1) is 15.7. The lowest BCUT2D eigenvalue weighted by Crippen LogP contribution is -2.42. The fourth-order valence-electron chi connectivity index (χ4n) is 3.90. The van der Waals surface area contributed by atoms with Crippen molar-refractivity contribution in [2.45, 2.75) is 25.4 Å². The Hall–Kier alpha value is -3.28. The van der Waals surface area contributed by atoms with Crippen LogP contribution in [-0.2, 0) is 17.6 Å². The second kappa shape index (κ2) is 10.6. The Morgan fingerprint density at radius 3 is 2.64 bits per heavy atom. The molecule has 180 valence electrons. The van der Waals surface area contributed by atoms with Gasteiger partial charge in [0.1, 0.15) is 0 Å². The van der Waals surface area contributed by atoms with Crippen molar-refractivity contribution >= 4 is 28.8 Å². The standard InChI is InChI=1S/C19H25N5O2.C2HF3O2/c25-18-15-2-3-16-17(14(15)5-8-21-18)13(12-23-16)4-7-22-19(26)24-10-1-6-20-9-11-24;3-2(4,5)1(6)7/h2-3,12,20,23H,1,4-11H2,(H,21,25)(H,22,26);(H,6,7). The van der Waals surface area contributed by atoms with Gasteiger partial charge in [-0.3, -0.25) is 4.79 Å². The number of carbonyl (C=O) groups is 3. The summed E-state index contributed by atoms with van der Waals surface area (Å²) < 4.78 is 31.7. The maximum Gasteiger partial charge on any atom is 0.490 e. The molecule has 2 aliphatic rings. The highest BCUT2D eigenvalue weighted by Crippen LogP contribution is 2.28. The maximum absolute atomic E-state index is 12.3. The number of carboxylic acid groups (broad SMARTS) is 1. The van der Waals surface area contributed by atoms with Crippen molar-refractivity contribution in [1.29, 1.82) is 0 Å². The normalized spacial score (nSPS) is 16.2. The number of aliphatic carboxylic acids is 1. The lowest BCUT2D eigenvalue weighted by Gasteiger charge is -2.20. The van der Waals surface area contributed by atoms with Crippen LogP contribution in [0, 0.1) is 0 Å². The predicted octanol–water partition coefficient (Wildman–Crippen LogP) is 1.63. The van der Waals surface area contributed by atoms with Crippen LogP contribution in [0.4, 0.5) is 18.0 Å². The number of fused-ring (bicyclic) bond motifs is 3. The summed E-state index contributed by atoms with van der Waals surface area (Å²) in [6.07, 6.45) is -0.504. The van der Waals surface area contributed by atoms with Gasteiger partial charge < -0.3 is 30.9 Å². The van der Waals surface area contributed by atoms with Gasteiger partial charge in [0.25, 0.3) is 5.91 Å². The van der Waals surface area contributed by atoms with E-state index in [-0.39, 0.29) is 11.9 Å². The zero-order valence-corrected chi connectivity index (χ0v) is 17.8. The number of urea groups is 1. The molecule has 1 saturated heterocycles. The summed E-state index contributed by atoms with van der Waals surface area (Å²) >= 11 is 0. The van der Waals surface area contributed by atoms with Gasteiger partial charge in [-0.15, -0.1) is 0 Å². The Kier molecular flexibility index (Phi) is 7.79. The number of alkyl halides is 3. The van der Waals surface area contributed by atoms with Gasteiger partial charge in [0, 0.05) is 55.4 Å². The van der Waals surface area contributed by atoms with Crippen molar-refractivity contribution in [3.05, 3.63) is 35.0 Å². The molecule has 3 heterocycles. The fourth-order valence-corrected chi connectivity index (χ4v) is 3.90. The lowest BCUT2D eigenvalue weighted by molar-refractivity contribution is -0.192. The van der Waals surface area contributed by atoms with Gasteiger partial charge in [0.15, 0.2) is 0 Å². The number of nitrogens with one attached hydrogen (secondary N) is 4. The molecule has 0 atom stereocenters. The average Bonchev–Trinajstić information content (AvgIpc) is 2.99. The molecule has 0 radical (unpaired) electrons. The fraction of sp³-hybridized carbons (Fsp3) is 0.476. The highest BCUT2D eigenvalue weighted by molar-refractivity contribution is 6.02. The highest BCUT2D eigenvalue weighted by atomic mass is 19.4. The second-order valence-corrected chi connectivity index (χ2v) is 7.71. The van der Waals surface area contributed by atoms with Crippen molar-refractivity contribution in [3.63, 3.8) is 0 Å². The molecule has 0 aliphatic carbocycles. The number of benzene rings is 1. The molecule has 33 heavy (non-hydrogen) atoms. The summed E-state index contributed by atoms with van der Waals surface area (Å²) in [5, 5.41) is 17.5. The van der Waals surface area contributed by atoms with E-state index in [2.05, 4.69) is 20.9 Å². The van der Waals surface area contributed by atoms with Crippen LogP contribution in [0.25, 0.3) is 10.9 Å². The summed E-state index contributed by atoms with van der Waals surface area (Å²) in [5.74, 6) is -2.75. The van der Waals surface area contributed by atoms with E-state index in [0.29, 0.717) is 13.1 Å². The van der Waals surface area contributed by atoms with Gasteiger partial charge in [-0.2, -0.15) is 13.2 Å². The lowest BCUT2D eigenvalue weighted by atomic mass is 9.94. The topological polar surface area (TPSA) is 127 Å². The molecule has 2 aromatic rings. The zero-order chi connectivity index (χ0) is 24.0. The molecule has 1 aromatic carbocycles. The Labute approximate surface area is 187 Å². The van der Waals surface area contributed by atoms with Gasteiger partial charge in [-0.25, -0.2) is 9.59 Å². The number of nitrogens with zero attached hydrogens (tertiary/aromatic N) is 1. The Balaban J connectivity index is 0.000000383. The minimum absolute atomic E-state index is 0.00313. The molecule has 0 spiro atoms. The van der Waals surface area contributed by atoms with E-state index in [1.165, 1.54) is 0 Å². The van der Waals surface area contributed by atoms with Gasteiger partial charge in [-0.05, 0) is 49.1 Å². The number of aromatic nitrogens is 1. The maximum atomic E-state index is 12.3. The van der Waals surface area contributed by atoms with E-state index in [1.54, 1.807) is 0 Å². The number of halogens is 3. The van der Waals surface area contributed by atoms with Crippen LogP contribution in [0.3, 0.4) is 0 Å². The van der Waals surface area contributed by atoms with Crippen molar-refractivity contribution < 1.29 is 32.7 Å². The van der Waals surface area contributed by atoms with Crippen LogP contribution < -0.4 is 16.0 Å². The monoisotopic (exact) mass is 469 g/mol. The van der Waals surface area contributed by atoms with Gasteiger partial charge in [0.2, 0.25) is 0 Å². The van der Waals surface area contributed by atoms with Crippen molar-refractivity contribution in [1.82, 2.24) is 25.8 Å². The molecule has 12 heteroatoms. The SMILES string of the molecule is O=C(O)C(F)(F)F.O=C1NCCc2c1ccc1[nH]cc(CCNC(=O)N3CCCNCC3)c21. The molecule has 1 aromatic heterocycles. The van der Waals surface area contributed by atoms with E-state index >= 15 is 0 Å². The second-order valence-electron chi connectivity index (χ2n) is 7.71. The summed E-state index contributed by atoms with van der Waals surface area (Å²) in [6.45, 7) is 4.64. The molecule has 3 amide bonds. The quantitative estimate of drug-likeness (QED) is 0.467. The number of hydrogen-bond donors (Lipinski definition) is 5. The van der Waals surface area contributed by atoms with E-state index in [1.807, 2.05) is 23.2 Å². The van der Waals surface area contributed by atoms with E-state index in [0.717, 1.165) is 73.0 Å². The molecule has 0 unspecified atom stereocenters. The van der Waals surface area contributed by atoms with Crippen LogP contribution >= 0.6 is 0 Å². The molecular formula is C21H26F3N5O4. The van der Waals surface area contributed by atoms with E-state index in [4.69, 9.17) is 9.90 Å². The third-order valence-electron chi connectivity index (χ3n) is 5.48.